The van der Waals surface area contributed by atoms with Crippen LogP contribution in [0, 0.1) is 0 Å². The highest BCUT2D eigenvalue weighted by Crippen LogP contribution is 2.21. The summed E-state index contributed by atoms with van der Waals surface area (Å²) in [6, 6.07) is 7.89. The summed E-state index contributed by atoms with van der Waals surface area (Å²) in [7, 11) is -1.25. The van der Waals surface area contributed by atoms with Crippen LogP contribution in [0.3, 0.4) is 0 Å². The molecule has 21 heavy (non-hydrogen) atoms. The van der Waals surface area contributed by atoms with Gasteiger partial charge in [0, 0.05) is 24.7 Å². The van der Waals surface area contributed by atoms with Crippen LogP contribution in [0.4, 0.5) is 0 Å². The fraction of sp³-hybridized carbons (Fsp3) is 0.467. The van der Waals surface area contributed by atoms with Crippen molar-refractivity contribution in [3.63, 3.8) is 0 Å². The van der Waals surface area contributed by atoms with Crippen molar-refractivity contribution >= 4 is 21.4 Å². The number of halogens is 1. The monoisotopic (exact) mass is 329 g/mol. The number of methoxy groups -OCH3 is 1. The van der Waals surface area contributed by atoms with Crippen LogP contribution in [-0.2, 0) is 16.4 Å². The normalized spacial score (nSPS) is 21.2. The van der Waals surface area contributed by atoms with Gasteiger partial charge in [0.15, 0.2) is 9.84 Å². The van der Waals surface area contributed by atoms with Crippen molar-refractivity contribution in [2.75, 3.05) is 25.2 Å². The fourth-order valence-electron chi connectivity index (χ4n) is 2.55. The molecule has 116 valence electrons. The molecule has 1 aromatic rings. The quantitative estimate of drug-likeness (QED) is 0.804. The minimum Gasteiger partial charge on any atom is -0.497 e. The molecule has 0 bridgehead atoms. The van der Waals surface area contributed by atoms with Gasteiger partial charge in [0.2, 0.25) is 0 Å². The van der Waals surface area contributed by atoms with Crippen molar-refractivity contribution < 1.29 is 13.2 Å². The molecule has 1 aliphatic rings. The van der Waals surface area contributed by atoms with Gasteiger partial charge in [0.1, 0.15) is 5.75 Å². The summed E-state index contributed by atoms with van der Waals surface area (Å²) in [5.41, 5.74) is 2.60. The molecule has 2 rings (SSSR count). The molecule has 0 aromatic heterocycles. The summed E-state index contributed by atoms with van der Waals surface area (Å²) in [4.78, 5) is 2.16. The summed E-state index contributed by atoms with van der Waals surface area (Å²) < 4.78 is 28.5. The van der Waals surface area contributed by atoms with Gasteiger partial charge in [-0.15, -0.1) is 0 Å². The third kappa shape index (κ3) is 4.73. The lowest BCUT2D eigenvalue weighted by Gasteiger charge is -2.26. The number of benzene rings is 1. The van der Waals surface area contributed by atoms with Crippen LogP contribution in [0.5, 0.6) is 5.75 Å². The Hall–Kier alpha value is -1.04. The molecule has 0 N–H and O–H groups in total. The molecule has 1 heterocycles. The first-order valence-electron chi connectivity index (χ1n) is 6.86. The molecule has 1 fully saturated rings. The topological polar surface area (TPSA) is 46.6 Å². The maximum absolute atomic E-state index is 11.7. The average Bonchev–Trinajstić information content (AvgIpc) is 2.84. The van der Waals surface area contributed by atoms with E-state index in [4.69, 9.17) is 16.3 Å². The van der Waals surface area contributed by atoms with Crippen LogP contribution in [0.1, 0.15) is 12.0 Å². The van der Waals surface area contributed by atoms with Crippen molar-refractivity contribution in [2.45, 2.75) is 19.0 Å². The molecule has 4 nitrogen and oxygen atoms in total. The highest BCUT2D eigenvalue weighted by Gasteiger charge is 2.31. The zero-order valence-corrected chi connectivity index (χ0v) is 13.6. The SMILES string of the molecule is COc1ccc(CN(C/C=C/Cl)C2CCS(=O)(=O)C2)cc1. The van der Waals surface area contributed by atoms with Crippen LogP contribution >= 0.6 is 11.6 Å². The van der Waals surface area contributed by atoms with Crippen LogP contribution in [0.15, 0.2) is 35.9 Å². The Morgan fingerprint density at radius 1 is 1.38 bits per heavy atom. The van der Waals surface area contributed by atoms with Crippen LogP contribution < -0.4 is 4.74 Å². The molecule has 6 heteroatoms. The van der Waals surface area contributed by atoms with Crippen molar-refractivity contribution in [3.05, 3.63) is 41.4 Å². The summed E-state index contributed by atoms with van der Waals surface area (Å²) in [6.07, 6.45) is 2.53. The van der Waals surface area contributed by atoms with Gasteiger partial charge in [0.05, 0.1) is 18.6 Å². The smallest absolute Gasteiger partial charge is 0.151 e. The molecule has 1 aliphatic heterocycles. The molecule has 0 aliphatic carbocycles. The van der Waals surface area contributed by atoms with Crippen LogP contribution in [0.2, 0.25) is 0 Å². The van der Waals surface area contributed by atoms with E-state index in [2.05, 4.69) is 4.90 Å². The Bertz CT molecular complexity index is 583. The van der Waals surface area contributed by atoms with E-state index in [1.165, 1.54) is 5.54 Å². The minimum absolute atomic E-state index is 0.0602. The highest BCUT2D eigenvalue weighted by molar-refractivity contribution is 7.91. The van der Waals surface area contributed by atoms with E-state index in [0.717, 1.165) is 11.3 Å². The van der Waals surface area contributed by atoms with Crippen LogP contribution in [0.25, 0.3) is 0 Å². The molecule has 1 saturated heterocycles. The predicted octanol–water partition coefficient (Wildman–Crippen LogP) is 2.44. The fourth-order valence-corrected chi connectivity index (χ4v) is 4.39. The molecular weight excluding hydrogens is 310 g/mol. The van der Waals surface area contributed by atoms with E-state index in [-0.39, 0.29) is 17.5 Å². The first-order valence-corrected chi connectivity index (χ1v) is 9.12. The number of sulfone groups is 1. The van der Waals surface area contributed by atoms with Crippen molar-refractivity contribution in [3.8, 4) is 5.75 Å². The molecule has 1 aromatic carbocycles. The Morgan fingerprint density at radius 2 is 2.10 bits per heavy atom. The van der Waals surface area contributed by atoms with Gasteiger partial charge < -0.3 is 4.74 Å². The molecular formula is C15H20ClNO3S. The maximum Gasteiger partial charge on any atom is 0.151 e. The largest absolute Gasteiger partial charge is 0.497 e. The van der Waals surface area contributed by atoms with E-state index in [1.54, 1.807) is 7.11 Å². The van der Waals surface area contributed by atoms with E-state index in [0.29, 0.717) is 19.5 Å². The molecule has 0 radical (unpaired) electrons. The van der Waals surface area contributed by atoms with Gasteiger partial charge in [-0.1, -0.05) is 29.8 Å². The second kappa shape index (κ2) is 7.29. The lowest BCUT2D eigenvalue weighted by Crippen LogP contribution is -2.35. The van der Waals surface area contributed by atoms with E-state index >= 15 is 0 Å². The molecule has 0 saturated carbocycles. The number of rotatable bonds is 6. The first kappa shape index (κ1) is 16.3. The van der Waals surface area contributed by atoms with Gasteiger partial charge in [-0.3, -0.25) is 4.90 Å². The van der Waals surface area contributed by atoms with Crippen LogP contribution in [-0.4, -0.2) is 44.5 Å². The Balaban J connectivity index is 2.08. The second-order valence-corrected chi connectivity index (χ2v) is 7.68. The van der Waals surface area contributed by atoms with Gasteiger partial charge >= 0.3 is 0 Å². The molecule has 1 unspecified atom stereocenters. The molecule has 1 atom stereocenters. The summed E-state index contributed by atoms with van der Waals surface area (Å²) in [5.74, 6) is 1.33. The maximum atomic E-state index is 11.7. The van der Waals surface area contributed by atoms with Gasteiger partial charge in [0.25, 0.3) is 0 Å². The highest BCUT2D eigenvalue weighted by atomic mass is 35.5. The van der Waals surface area contributed by atoms with E-state index < -0.39 is 9.84 Å². The number of hydrogen-bond acceptors (Lipinski definition) is 4. The van der Waals surface area contributed by atoms with Gasteiger partial charge in [-0.05, 0) is 24.1 Å². The number of hydrogen-bond donors (Lipinski definition) is 0. The van der Waals surface area contributed by atoms with Gasteiger partial charge in [-0.2, -0.15) is 0 Å². The Morgan fingerprint density at radius 3 is 2.62 bits per heavy atom. The van der Waals surface area contributed by atoms with Crippen molar-refractivity contribution in [2.24, 2.45) is 0 Å². The van der Waals surface area contributed by atoms with Crippen molar-refractivity contribution in [1.29, 1.82) is 0 Å². The third-order valence-corrected chi connectivity index (χ3v) is 5.63. The van der Waals surface area contributed by atoms with E-state index in [9.17, 15) is 8.42 Å². The average molecular weight is 330 g/mol. The summed E-state index contributed by atoms with van der Waals surface area (Å²) >= 11 is 5.61. The predicted molar refractivity (Wildman–Crippen MR) is 85.5 cm³/mol. The Kier molecular flexibility index (Phi) is 5.67. The Labute approximate surface area is 131 Å². The first-order chi connectivity index (χ1) is 10.0. The second-order valence-electron chi connectivity index (χ2n) is 5.20. The van der Waals surface area contributed by atoms with E-state index in [1.807, 2.05) is 30.3 Å². The minimum atomic E-state index is -2.89. The zero-order valence-electron chi connectivity index (χ0n) is 12.0. The standard InChI is InChI=1S/C15H20ClNO3S/c1-20-15-5-3-13(4-6-15)11-17(9-2-8-16)14-7-10-21(18,19)12-14/h2-6,8,14H,7,9-12H2,1H3/b8-2+. The lowest BCUT2D eigenvalue weighted by atomic mass is 10.1. The molecule has 0 amide bonds. The lowest BCUT2D eigenvalue weighted by molar-refractivity contribution is 0.226. The number of ether oxygens (including phenoxy) is 1. The molecule has 0 spiro atoms. The number of nitrogens with zero attached hydrogens (tertiary/aromatic N) is 1. The zero-order chi connectivity index (χ0) is 15.3. The van der Waals surface area contributed by atoms with Gasteiger partial charge in [-0.25, -0.2) is 8.42 Å². The summed E-state index contributed by atoms with van der Waals surface area (Å²) in [6.45, 7) is 1.35. The van der Waals surface area contributed by atoms with Crippen molar-refractivity contribution in [1.82, 2.24) is 4.90 Å². The third-order valence-electron chi connectivity index (χ3n) is 3.70. The summed E-state index contributed by atoms with van der Waals surface area (Å²) in [5, 5.41) is 0.